The fraction of sp³-hybridized carbons (Fsp3) is 0.269. The molecule has 0 spiro atoms. The second-order valence-electron chi connectivity index (χ2n) is 7.85. The van der Waals surface area contributed by atoms with Gasteiger partial charge >= 0.3 is 6.09 Å². The van der Waals surface area contributed by atoms with Crippen LogP contribution in [0.2, 0.25) is 0 Å². The number of carbonyl (C=O) groups is 1. The smallest absolute Gasteiger partial charge is 0.415 e. The van der Waals surface area contributed by atoms with Crippen molar-refractivity contribution < 1.29 is 19.4 Å². The molecule has 0 aromatic heterocycles. The Hall–Kier alpha value is -3.16. The van der Waals surface area contributed by atoms with Crippen LogP contribution in [0, 0.1) is 23.7 Å². The molecule has 1 aliphatic carbocycles. The van der Waals surface area contributed by atoms with Gasteiger partial charge in [0.25, 0.3) is 0 Å². The molecule has 2 aliphatic heterocycles. The Morgan fingerprint density at radius 3 is 2.75 bits per heavy atom. The van der Waals surface area contributed by atoms with Gasteiger partial charge in [0.2, 0.25) is 0 Å². The average molecular weight is 444 g/mol. The number of rotatable bonds is 4. The van der Waals surface area contributed by atoms with Crippen molar-refractivity contribution in [3.63, 3.8) is 0 Å². The molecule has 1 N–H and O–H groups in total. The third-order valence-electron chi connectivity index (χ3n) is 5.82. The number of epoxide rings is 1. The average Bonchev–Trinajstić information content (AvgIpc) is 3.57. The van der Waals surface area contributed by atoms with E-state index in [0.29, 0.717) is 17.0 Å². The molecule has 5 rings (SSSR count). The lowest BCUT2D eigenvalue weighted by Crippen LogP contribution is -2.54. The van der Waals surface area contributed by atoms with Crippen LogP contribution in [0.15, 0.2) is 71.6 Å². The van der Waals surface area contributed by atoms with E-state index in [1.165, 1.54) is 0 Å². The van der Waals surface area contributed by atoms with Gasteiger partial charge < -0.3 is 14.6 Å². The summed E-state index contributed by atoms with van der Waals surface area (Å²) in [6.07, 6.45) is 2.21. The van der Waals surface area contributed by atoms with E-state index >= 15 is 0 Å². The van der Waals surface area contributed by atoms with Crippen molar-refractivity contribution in [1.82, 2.24) is 0 Å². The molecule has 1 saturated heterocycles. The van der Waals surface area contributed by atoms with Crippen LogP contribution in [0.1, 0.15) is 12.5 Å². The summed E-state index contributed by atoms with van der Waals surface area (Å²) in [6.45, 7) is 1.91. The van der Waals surface area contributed by atoms with Crippen LogP contribution < -0.4 is 4.90 Å². The van der Waals surface area contributed by atoms with Gasteiger partial charge in [-0.05, 0) is 37.3 Å². The molecule has 6 heteroatoms. The SMILES string of the molecule is C[C@@]1(O)C#C/C=C\C#C[C@H]2[C@@H]3O[C@]31c1ccccc1N2C(=O)OCCSc1ccccc1. The van der Waals surface area contributed by atoms with E-state index < -0.39 is 29.4 Å². The first-order valence-corrected chi connectivity index (χ1v) is 11.4. The zero-order valence-electron chi connectivity index (χ0n) is 17.4. The third kappa shape index (κ3) is 3.38. The number of amides is 1. The summed E-state index contributed by atoms with van der Waals surface area (Å²) in [5, 5.41) is 11.2. The highest BCUT2D eigenvalue weighted by Crippen LogP contribution is 2.61. The summed E-state index contributed by atoms with van der Waals surface area (Å²) in [4.78, 5) is 15.9. The zero-order valence-corrected chi connectivity index (χ0v) is 18.3. The van der Waals surface area contributed by atoms with Gasteiger partial charge in [0.15, 0.2) is 11.2 Å². The monoisotopic (exact) mass is 443 g/mol. The van der Waals surface area contributed by atoms with Crippen molar-refractivity contribution in [3.05, 3.63) is 72.3 Å². The highest BCUT2D eigenvalue weighted by atomic mass is 32.2. The maximum Gasteiger partial charge on any atom is 0.415 e. The molecule has 32 heavy (non-hydrogen) atoms. The Labute approximate surface area is 191 Å². The summed E-state index contributed by atoms with van der Waals surface area (Å²) < 4.78 is 11.8. The quantitative estimate of drug-likeness (QED) is 0.338. The number of carbonyl (C=O) groups excluding carboxylic acids is 1. The summed E-state index contributed by atoms with van der Waals surface area (Å²) in [6, 6.07) is 16.8. The molecule has 2 heterocycles. The maximum atomic E-state index is 13.2. The summed E-state index contributed by atoms with van der Waals surface area (Å²) in [5.41, 5.74) is -1.16. The van der Waals surface area contributed by atoms with Crippen molar-refractivity contribution in [2.75, 3.05) is 17.3 Å². The number of anilines is 1. The van der Waals surface area contributed by atoms with Crippen LogP contribution in [0.4, 0.5) is 10.5 Å². The molecule has 1 amide bonds. The lowest BCUT2D eigenvalue weighted by atomic mass is 9.75. The van der Waals surface area contributed by atoms with E-state index in [4.69, 9.17) is 9.47 Å². The molecule has 4 atom stereocenters. The minimum Gasteiger partial charge on any atom is -0.448 e. The van der Waals surface area contributed by atoms with Crippen molar-refractivity contribution in [3.8, 4) is 23.7 Å². The Morgan fingerprint density at radius 2 is 1.91 bits per heavy atom. The maximum absolute atomic E-state index is 13.2. The van der Waals surface area contributed by atoms with Crippen LogP contribution in [0.5, 0.6) is 0 Å². The highest BCUT2D eigenvalue weighted by molar-refractivity contribution is 7.99. The van der Waals surface area contributed by atoms with Gasteiger partial charge in [0, 0.05) is 16.2 Å². The number of ether oxygens (including phenoxy) is 2. The van der Waals surface area contributed by atoms with Crippen LogP contribution in [-0.2, 0) is 15.1 Å². The van der Waals surface area contributed by atoms with Crippen molar-refractivity contribution in [2.45, 2.75) is 35.2 Å². The Kier molecular flexibility index (Phi) is 5.23. The molecule has 0 unspecified atom stereocenters. The summed E-state index contributed by atoms with van der Waals surface area (Å²) in [7, 11) is 0. The van der Waals surface area contributed by atoms with Gasteiger partial charge in [-0.1, -0.05) is 60.1 Å². The van der Waals surface area contributed by atoms with Gasteiger partial charge in [-0.15, -0.1) is 11.8 Å². The van der Waals surface area contributed by atoms with Crippen molar-refractivity contribution in [1.29, 1.82) is 0 Å². The third-order valence-corrected chi connectivity index (χ3v) is 6.80. The van der Waals surface area contributed by atoms with Crippen LogP contribution in [0.25, 0.3) is 0 Å². The number of para-hydroxylation sites is 1. The van der Waals surface area contributed by atoms with E-state index in [-0.39, 0.29) is 6.61 Å². The van der Waals surface area contributed by atoms with Gasteiger partial charge in [0.1, 0.15) is 18.8 Å². The molecule has 3 aliphatic rings. The van der Waals surface area contributed by atoms with Crippen LogP contribution in [0.3, 0.4) is 0 Å². The Bertz CT molecular complexity index is 1200. The van der Waals surface area contributed by atoms with E-state index in [2.05, 4.69) is 23.7 Å². The lowest BCUT2D eigenvalue weighted by molar-refractivity contribution is 0.0264. The van der Waals surface area contributed by atoms with E-state index in [9.17, 15) is 9.90 Å². The van der Waals surface area contributed by atoms with Crippen molar-refractivity contribution in [2.24, 2.45) is 0 Å². The number of thioether (sulfide) groups is 1. The number of aliphatic hydroxyl groups is 1. The molecule has 160 valence electrons. The number of allylic oxidation sites excluding steroid dienone is 2. The zero-order chi connectivity index (χ0) is 22.2. The first kappa shape index (κ1) is 20.7. The molecule has 5 nitrogen and oxygen atoms in total. The van der Waals surface area contributed by atoms with Gasteiger partial charge in [-0.2, -0.15) is 0 Å². The lowest BCUT2D eigenvalue weighted by Gasteiger charge is -2.38. The van der Waals surface area contributed by atoms with E-state index in [0.717, 1.165) is 4.90 Å². The minimum atomic E-state index is -1.45. The number of fused-ring (bicyclic) bond motifs is 1. The number of nitrogens with zero attached hydrogens (tertiary/aromatic N) is 1. The fourth-order valence-electron chi connectivity index (χ4n) is 4.33. The van der Waals surface area contributed by atoms with Crippen LogP contribution >= 0.6 is 11.8 Å². The molecule has 2 aromatic carbocycles. The number of benzene rings is 2. The minimum absolute atomic E-state index is 0.261. The number of hydrogen-bond acceptors (Lipinski definition) is 5. The summed E-state index contributed by atoms with van der Waals surface area (Å²) >= 11 is 1.63. The molecule has 1 fully saturated rings. The van der Waals surface area contributed by atoms with Gasteiger partial charge in [-0.3, -0.25) is 4.90 Å². The standard InChI is InChI=1S/C26H21NO4S/c1-25(29)16-10-3-2-7-15-22-23-26(25,31-23)20-13-8-9-14-21(20)27(22)24(28)30-17-18-32-19-11-5-4-6-12-19/h2-6,8-9,11-14,22-23,29H,17-18H2,1H3/b3-2-/t22-,23-,25+,26+/m0/s1. The van der Waals surface area contributed by atoms with Gasteiger partial charge in [0.05, 0.1) is 5.69 Å². The normalized spacial score (nSPS) is 29.8. The molecular formula is C26H21NO4S. The largest absolute Gasteiger partial charge is 0.448 e. The summed E-state index contributed by atoms with van der Waals surface area (Å²) in [5.74, 6) is 12.4. The molecular weight excluding hydrogens is 422 g/mol. The molecule has 2 bridgehead atoms. The Balaban J connectivity index is 1.43. The first-order chi connectivity index (χ1) is 15.5. The number of hydrogen-bond donors (Lipinski definition) is 1. The van der Waals surface area contributed by atoms with E-state index in [1.807, 2.05) is 54.6 Å². The van der Waals surface area contributed by atoms with Crippen LogP contribution in [-0.4, -0.2) is 41.3 Å². The predicted molar refractivity (Wildman–Crippen MR) is 123 cm³/mol. The van der Waals surface area contributed by atoms with E-state index in [1.54, 1.807) is 35.7 Å². The molecule has 2 aromatic rings. The molecule has 0 radical (unpaired) electrons. The first-order valence-electron chi connectivity index (χ1n) is 10.4. The van der Waals surface area contributed by atoms with Gasteiger partial charge in [-0.25, -0.2) is 4.79 Å². The fourth-order valence-corrected chi connectivity index (χ4v) is 5.08. The topological polar surface area (TPSA) is 62.3 Å². The highest BCUT2D eigenvalue weighted by Gasteiger charge is 2.74. The van der Waals surface area contributed by atoms with Crippen molar-refractivity contribution >= 4 is 23.5 Å². The second kappa shape index (κ2) is 8.07. The predicted octanol–water partition coefficient (Wildman–Crippen LogP) is 3.73. The Morgan fingerprint density at radius 1 is 1.16 bits per heavy atom. The molecule has 0 saturated carbocycles. The second-order valence-corrected chi connectivity index (χ2v) is 9.01.